The van der Waals surface area contributed by atoms with E-state index in [2.05, 4.69) is 0 Å². The van der Waals surface area contributed by atoms with Crippen molar-refractivity contribution in [2.24, 2.45) is 0 Å². The van der Waals surface area contributed by atoms with Crippen molar-refractivity contribution >= 4 is 10.0 Å². The molecule has 0 bridgehead atoms. The van der Waals surface area contributed by atoms with Crippen LogP contribution in [0.2, 0.25) is 0 Å². The van der Waals surface area contributed by atoms with Gasteiger partial charge in [-0.25, -0.2) is 12.8 Å². The van der Waals surface area contributed by atoms with Gasteiger partial charge in [-0.05, 0) is 48.9 Å². The molecule has 2 unspecified atom stereocenters. The largest absolute Gasteiger partial charge is 0.497 e. The van der Waals surface area contributed by atoms with Crippen molar-refractivity contribution in [1.82, 2.24) is 4.31 Å². The third-order valence-electron chi connectivity index (χ3n) is 4.28. The van der Waals surface area contributed by atoms with Gasteiger partial charge < -0.3 is 9.47 Å². The maximum absolute atomic E-state index is 13.1. The zero-order valence-electron chi connectivity index (χ0n) is 14.1. The number of ether oxygens (including phenoxy) is 2. The van der Waals surface area contributed by atoms with Crippen molar-refractivity contribution in [3.8, 4) is 5.75 Å². The fourth-order valence-electron chi connectivity index (χ4n) is 2.83. The Kier molecular flexibility index (Phi) is 5.08. The summed E-state index contributed by atoms with van der Waals surface area (Å²) in [6, 6.07) is 11.9. The van der Waals surface area contributed by atoms with Crippen molar-refractivity contribution in [2.45, 2.75) is 24.0 Å². The minimum absolute atomic E-state index is 0.0798. The Balaban J connectivity index is 1.85. The average molecular weight is 365 g/mol. The topological polar surface area (TPSA) is 55.8 Å². The first kappa shape index (κ1) is 17.8. The highest BCUT2D eigenvalue weighted by atomic mass is 32.2. The Bertz CT molecular complexity index is 821. The molecule has 134 valence electrons. The van der Waals surface area contributed by atoms with Crippen LogP contribution in [0.1, 0.15) is 18.6 Å². The summed E-state index contributed by atoms with van der Waals surface area (Å²) in [6.07, 6.45) is -0.364. The first-order chi connectivity index (χ1) is 11.9. The SMILES string of the molecule is COc1ccc(C2CN(S(=O)(=O)c3ccc(F)cc3)C(C)CO2)cc1. The molecule has 1 aliphatic rings. The van der Waals surface area contributed by atoms with Gasteiger partial charge in [0, 0.05) is 12.6 Å². The molecule has 1 saturated heterocycles. The zero-order chi connectivity index (χ0) is 18.0. The fourth-order valence-corrected chi connectivity index (χ4v) is 4.45. The molecule has 25 heavy (non-hydrogen) atoms. The molecule has 0 spiro atoms. The molecular weight excluding hydrogens is 345 g/mol. The number of sulfonamides is 1. The van der Waals surface area contributed by atoms with Gasteiger partial charge in [0.1, 0.15) is 11.6 Å². The summed E-state index contributed by atoms with van der Waals surface area (Å²) >= 11 is 0. The Hall–Kier alpha value is -1.96. The number of methoxy groups -OCH3 is 1. The first-order valence-corrected chi connectivity index (χ1v) is 9.39. The van der Waals surface area contributed by atoms with Gasteiger partial charge in [0.05, 0.1) is 24.7 Å². The molecule has 5 nitrogen and oxygen atoms in total. The molecule has 3 rings (SSSR count). The van der Waals surface area contributed by atoms with Crippen LogP contribution >= 0.6 is 0 Å². The van der Waals surface area contributed by atoms with Crippen LogP contribution in [0.5, 0.6) is 5.75 Å². The lowest BCUT2D eigenvalue weighted by molar-refractivity contribution is -0.0288. The van der Waals surface area contributed by atoms with E-state index in [1.165, 1.54) is 16.4 Å². The molecule has 0 aromatic heterocycles. The van der Waals surface area contributed by atoms with Crippen LogP contribution in [0.25, 0.3) is 0 Å². The van der Waals surface area contributed by atoms with E-state index in [9.17, 15) is 12.8 Å². The summed E-state index contributed by atoms with van der Waals surface area (Å²) in [5, 5.41) is 0. The second-order valence-electron chi connectivity index (χ2n) is 5.97. The highest BCUT2D eigenvalue weighted by Gasteiger charge is 2.36. The molecule has 0 N–H and O–H groups in total. The van der Waals surface area contributed by atoms with Gasteiger partial charge >= 0.3 is 0 Å². The highest BCUT2D eigenvalue weighted by Crippen LogP contribution is 2.30. The molecule has 2 aromatic rings. The predicted octanol–water partition coefficient (Wildman–Crippen LogP) is 2.99. The van der Waals surface area contributed by atoms with Crippen LogP contribution in [-0.4, -0.2) is 39.0 Å². The lowest BCUT2D eigenvalue weighted by atomic mass is 10.1. The molecule has 7 heteroatoms. The van der Waals surface area contributed by atoms with Crippen LogP contribution in [0.15, 0.2) is 53.4 Å². The molecule has 1 aliphatic heterocycles. The minimum Gasteiger partial charge on any atom is -0.497 e. The van der Waals surface area contributed by atoms with E-state index in [4.69, 9.17) is 9.47 Å². The molecule has 2 aromatic carbocycles. The number of halogens is 1. The second-order valence-corrected chi connectivity index (χ2v) is 7.86. The maximum atomic E-state index is 13.1. The van der Waals surface area contributed by atoms with Gasteiger partial charge in [-0.3, -0.25) is 0 Å². The van der Waals surface area contributed by atoms with Crippen LogP contribution < -0.4 is 4.74 Å². The summed E-state index contributed by atoms with van der Waals surface area (Å²) in [5.41, 5.74) is 0.881. The quantitative estimate of drug-likeness (QED) is 0.836. The lowest BCUT2D eigenvalue weighted by Crippen LogP contribution is -2.48. The van der Waals surface area contributed by atoms with Crippen LogP contribution in [0.4, 0.5) is 4.39 Å². The molecule has 0 saturated carbocycles. The van der Waals surface area contributed by atoms with E-state index >= 15 is 0 Å². The number of hydrogen-bond acceptors (Lipinski definition) is 4. The second kappa shape index (κ2) is 7.11. The van der Waals surface area contributed by atoms with Gasteiger partial charge in [-0.1, -0.05) is 12.1 Å². The van der Waals surface area contributed by atoms with E-state index in [0.717, 1.165) is 23.4 Å². The molecule has 0 amide bonds. The van der Waals surface area contributed by atoms with E-state index in [-0.39, 0.29) is 30.2 Å². The van der Waals surface area contributed by atoms with Gasteiger partial charge in [-0.15, -0.1) is 0 Å². The predicted molar refractivity (Wildman–Crippen MR) is 91.4 cm³/mol. The average Bonchev–Trinajstić information content (AvgIpc) is 2.62. The van der Waals surface area contributed by atoms with E-state index < -0.39 is 15.8 Å². The smallest absolute Gasteiger partial charge is 0.243 e. The molecule has 0 aliphatic carbocycles. The number of morpholine rings is 1. The summed E-state index contributed by atoms with van der Waals surface area (Å²) < 4.78 is 51.3. The Labute approximate surface area is 147 Å². The summed E-state index contributed by atoms with van der Waals surface area (Å²) in [5.74, 6) is 0.258. The van der Waals surface area contributed by atoms with Crippen LogP contribution in [0.3, 0.4) is 0 Å². The van der Waals surface area contributed by atoms with Crippen molar-refractivity contribution in [1.29, 1.82) is 0 Å². The fraction of sp³-hybridized carbons (Fsp3) is 0.333. The molecule has 1 heterocycles. The molecular formula is C18H20FNO4S. The van der Waals surface area contributed by atoms with E-state index in [1.807, 2.05) is 24.3 Å². The monoisotopic (exact) mass is 365 g/mol. The van der Waals surface area contributed by atoms with Gasteiger partial charge in [0.2, 0.25) is 10.0 Å². The molecule has 1 fully saturated rings. The van der Waals surface area contributed by atoms with Crippen molar-refractivity contribution in [3.05, 3.63) is 59.9 Å². The molecule has 0 radical (unpaired) electrons. The zero-order valence-corrected chi connectivity index (χ0v) is 14.9. The van der Waals surface area contributed by atoms with Crippen LogP contribution in [-0.2, 0) is 14.8 Å². The van der Waals surface area contributed by atoms with E-state index in [1.54, 1.807) is 14.0 Å². The van der Waals surface area contributed by atoms with Gasteiger partial charge in [-0.2, -0.15) is 4.31 Å². The van der Waals surface area contributed by atoms with Gasteiger partial charge in [0.25, 0.3) is 0 Å². The highest BCUT2D eigenvalue weighted by molar-refractivity contribution is 7.89. The minimum atomic E-state index is -3.72. The lowest BCUT2D eigenvalue weighted by Gasteiger charge is -2.37. The summed E-state index contributed by atoms with van der Waals surface area (Å²) in [6.45, 7) is 2.29. The van der Waals surface area contributed by atoms with Crippen LogP contribution in [0, 0.1) is 5.82 Å². The number of nitrogens with zero attached hydrogens (tertiary/aromatic N) is 1. The third-order valence-corrected chi connectivity index (χ3v) is 6.28. The van der Waals surface area contributed by atoms with Crippen molar-refractivity contribution in [2.75, 3.05) is 20.3 Å². The standard InChI is InChI=1S/C18H20FNO4S/c1-13-12-24-18(14-3-7-16(23-2)8-4-14)11-20(13)25(21,22)17-9-5-15(19)6-10-17/h3-10,13,18H,11-12H2,1-2H3. The third kappa shape index (κ3) is 3.68. The summed E-state index contributed by atoms with van der Waals surface area (Å²) in [4.78, 5) is 0.0798. The van der Waals surface area contributed by atoms with E-state index in [0.29, 0.717) is 0 Å². The number of benzene rings is 2. The number of rotatable bonds is 4. The van der Waals surface area contributed by atoms with Crippen molar-refractivity contribution < 1.29 is 22.3 Å². The Morgan fingerprint density at radius 2 is 1.76 bits per heavy atom. The van der Waals surface area contributed by atoms with Crippen molar-refractivity contribution in [3.63, 3.8) is 0 Å². The Morgan fingerprint density at radius 3 is 2.36 bits per heavy atom. The number of hydrogen-bond donors (Lipinski definition) is 0. The normalized spacial score (nSPS) is 21.9. The maximum Gasteiger partial charge on any atom is 0.243 e. The van der Waals surface area contributed by atoms with Gasteiger partial charge in [0.15, 0.2) is 0 Å². The Morgan fingerprint density at radius 1 is 1.12 bits per heavy atom. The first-order valence-electron chi connectivity index (χ1n) is 7.95. The summed E-state index contributed by atoms with van der Waals surface area (Å²) in [7, 11) is -2.13. The molecule has 2 atom stereocenters.